The van der Waals surface area contributed by atoms with Gasteiger partial charge in [0.15, 0.2) is 0 Å². The Bertz CT molecular complexity index is 503. The topological polar surface area (TPSA) is 52.6 Å². The molecule has 0 bridgehead atoms. The molecular weight excluding hydrogens is 396 g/mol. The zero-order chi connectivity index (χ0) is 18.9. The SMILES string of the molecule is O=S1(=O)OC(C(F)(F)F)(C(F)(F)F)C(C(F)(F)F)(C(F)(F)F)O1. The molecule has 1 rings (SSSR count). The predicted octanol–water partition coefficient (Wildman–Crippen LogP) is 3.00. The molecular formula is C6F12O4S. The maximum absolute atomic E-state index is 12.6. The van der Waals surface area contributed by atoms with E-state index in [1.165, 1.54) is 0 Å². The Morgan fingerprint density at radius 3 is 0.826 bits per heavy atom. The van der Waals surface area contributed by atoms with Gasteiger partial charge in [-0.25, -0.2) is 8.37 Å². The van der Waals surface area contributed by atoms with Gasteiger partial charge in [0, 0.05) is 0 Å². The molecule has 0 amide bonds. The lowest BCUT2D eigenvalue weighted by atomic mass is 9.79. The molecule has 1 fully saturated rings. The number of halogens is 12. The molecule has 0 unspecified atom stereocenters. The molecule has 1 heterocycles. The van der Waals surface area contributed by atoms with Crippen LogP contribution in [-0.4, -0.2) is 44.3 Å². The van der Waals surface area contributed by atoms with E-state index in [0.717, 1.165) is 0 Å². The second-order valence-electron chi connectivity index (χ2n) is 3.93. The molecule has 0 aromatic rings. The molecule has 0 aliphatic carbocycles. The van der Waals surface area contributed by atoms with Crippen molar-refractivity contribution in [1.29, 1.82) is 0 Å². The van der Waals surface area contributed by atoms with Crippen LogP contribution in [0, 0.1) is 0 Å². The molecule has 0 spiro atoms. The third-order valence-corrected chi connectivity index (χ3v) is 3.45. The van der Waals surface area contributed by atoms with E-state index in [0.29, 0.717) is 0 Å². The minimum Gasteiger partial charge on any atom is -0.218 e. The van der Waals surface area contributed by atoms with Crippen molar-refractivity contribution < 1.29 is 69.5 Å². The van der Waals surface area contributed by atoms with Gasteiger partial charge in [0.1, 0.15) is 0 Å². The first-order chi connectivity index (χ1) is 9.66. The smallest absolute Gasteiger partial charge is 0.218 e. The van der Waals surface area contributed by atoms with E-state index in [1.54, 1.807) is 0 Å². The van der Waals surface area contributed by atoms with E-state index < -0.39 is 46.3 Å². The minimum absolute atomic E-state index is 2.19. The van der Waals surface area contributed by atoms with Crippen LogP contribution in [-0.2, 0) is 18.8 Å². The van der Waals surface area contributed by atoms with Gasteiger partial charge >= 0.3 is 46.3 Å². The summed E-state index contributed by atoms with van der Waals surface area (Å²) >= 11 is 0. The Labute approximate surface area is 117 Å². The summed E-state index contributed by atoms with van der Waals surface area (Å²) in [6.07, 6.45) is -30.1. The second kappa shape index (κ2) is 4.56. The Morgan fingerprint density at radius 1 is 0.522 bits per heavy atom. The highest BCUT2D eigenvalue weighted by molar-refractivity contribution is 7.82. The van der Waals surface area contributed by atoms with Crippen molar-refractivity contribution in [2.45, 2.75) is 35.9 Å². The standard InChI is InChI=1S/C6F12O4S/c7-3(8,9)1(4(10,11)12)2(5(13,14)15,6(16,17)18)22-23(19,20)21-1. The fraction of sp³-hybridized carbons (Fsp3) is 1.00. The molecule has 4 nitrogen and oxygen atoms in total. The zero-order valence-electron chi connectivity index (χ0n) is 9.58. The van der Waals surface area contributed by atoms with E-state index >= 15 is 0 Å². The number of hydrogen-bond donors (Lipinski definition) is 0. The summed E-state index contributed by atoms with van der Waals surface area (Å²) in [5.74, 6) is 0. The van der Waals surface area contributed by atoms with Crippen LogP contribution in [0.15, 0.2) is 0 Å². The number of alkyl halides is 12. The Hall–Kier alpha value is -0.970. The predicted molar refractivity (Wildman–Crippen MR) is 40.8 cm³/mol. The van der Waals surface area contributed by atoms with E-state index in [4.69, 9.17) is 0 Å². The fourth-order valence-corrected chi connectivity index (χ4v) is 3.01. The molecule has 23 heavy (non-hydrogen) atoms. The minimum atomic E-state index is -7.53. The molecule has 1 saturated heterocycles. The van der Waals surface area contributed by atoms with Crippen LogP contribution in [0.3, 0.4) is 0 Å². The number of hydrogen-bond acceptors (Lipinski definition) is 4. The van der Waals surface area contributed by atoms with Gasteiger partial charge in [-0.2, -0.15) is 61.1 Å². The monoisotopic (exact) mass is 396 g/mol. The highest BCUT2D eigenvalue weighted by Gasteiger charge is 3.01. The van der Waals surface area contributed by atoms with Crippen molar-refractivity contribution in [3.63, 3.8) is 0 Å². The van der Waals surface area contributed by atoms with Crippen LogP contribution in [0.5, 0.6) is 0 Å². The molecule has 0 atom stereocenters. The lowest BCUT2D eigenvalue weighted by Gasteiger charge is -2.43. The normalized spacial score (nSPS) is 24.7. The van der Waals surface area contributed by atoms with Crippen LogP contribution < -0.4 is 0 Å². The molecule has 138 valence electrons. The third-order valence-electron chi connectivity index (χ3n) is 2.55. The van der Waals surface area contributed by atoms with Crippen LogP contribution in [0.1, 0.15) is 0 Å². The van der Waals surface area contributed by atoms with Crippen molar-refractivity contribution in [3.8, 4) is 0 Å². The molecule has 1 aliphatic heterocycles. The molecule has 17 heteroatoms. The second-order valence-corrected chi connectivity index (χ2v) is 5.08. The molecule has 0 aromatic carbocycles. The zero-order valence-corrected chi connectivity index (χ0v) is 10.4. The number of rotatable bonds is 0. The van der Waals surface area contributed by atoms with Crippen molar-refractivity contribution in [2.24, 2.45) is 0 Å². The molecule has 0 aromatic heterocycles. The lowest BCUT2D eigenvalue weighted by molar-refractivity contribution is -0.464. The maximum atomic E-state index is 12.6. The van der Waals surface area contributed by atoms with Gasteiger partial charge in [0.25, 0.3) is 0 Å². The summed E-state index contributed by atoms with van der Waals surface area (Å²) in [5, 5.41) is 0. The van der Waals surface area contributed by atoms with Gasteiger partial charge in [-0.15, -0.1) is 0 Å². The first kappa shape index (κ1) is 20.1. The largest absolute Gasteiger partial charge is 0.431 e. The van der Waals surface area contributed by atoms with Gasteiger partial charge in [0.05, 0.1) is 0 Å². The molecule has 0 saturated carbocycles. The Balaban J connectivity index is 4.13. The lowest BCUT2D eigenvalue weighted by Crippen LogP contribution is -2.79. The van der Waals surface area contributed by atoms with Crippen molar-refractivity contribution in [1.82, 2.24) is 0 Å². The quantitative estimate of drug-likeness (QED) is 0.591. The highest BCUT2D eigenvalue weighted by atomic mass is 32.3. The van der Waals surface area contributed by atoms with Gasteiger partial charge < -0.3 is 0 Å². The van der Waals surface area contributed by atoms with E-state index in [9.17, 15) is 61.1 Å². The maximum Gasteiger partial charge on any atom is 0.431 e. The van der Waals surface area contributed by atoms with Gasteiger partial charge in [-0.3, -0.25) is 0 Å². The van der Waals surface area contributed by atoms with Gasteiger partial charge in [-0.1, -0.05) is 0 Å². The van der Waals surface area contributed by atoms with Crippen molar-refractivity contribution in [2.75, 3.05) is 0 Å². The van der Waals surface area contributed by atoms with Crippen LogP contribution in [0.2, 0.25) is 0 Å². The van der Waals surface area contributed by atoms with Crippen molar-refractivity contribution in [3.05, 3.63) is 0 Å². The average Bonchev–Trinajstić information content (AvgIpc) is 2.44. The Kier molecular flexibility index (Phi) is 3.98. The average molecular weight is 396 g/mol. The summed E-state index contributed by atoms with van der Waals surface area (Å²) < 4.78 is 177. The van der Waals surface area contributed by atoms with Crippen LogP contribution >= 0.6 is 0 Å². The molecule has 0 radical (unpaired) electrons. The molecule has 0 N–H and O–H groups in total. The Morgan fingerprint density at radius 2 is 0.696 bits per heavy atom. The summed E-state index contributed by atoms with van der Waals surface area (Å²) in [7, 11) is -6.97. The van der Waals surface area contributed by atoms with Gasteiger partial charge in [-0.05, 0) is 0 Å². The van der Waals surface area contributed by atoms with E-state index in [-0.39, 0.29) is 0 Å². The van der Waals surface area contributed by atoms with Crippen LogP contribution in [0.25, 0.3) is 0 Å². The van der Waals surface area contributed by atoms with Gasteiger partial charge in [0.2, 0.25) is 0 Å². The third kappa shape index (κ3) is 2.43. The summed E-state index contributed by atoms with van der Waals surface area (Å²) in [5.41, 5.74) is -14.6. The highest BCUT2D eigenvalue weighted by Crippen LogP contribution is 2.67. The van der Waals surface area contributed by atoms with Crippen molar-refractivity contribution >= 4 is 10.4 Å². The first-order valence-electron chi connectivity index (χ1n) is 4.59. The fourth-order valence-electron chi connectivity index (χ4n) is 1.75. The molecule has 1 aliphatic rings. The summed E-state index contributed by atoms with van der Waals surface area (Å²) in [6.45, 7) is 0. The van der Waals surface area contributed by atoms with E-state index in [1.807, 2.05) is 0 Å². The first-order valence-corrected chi connectivity index (χ1v) is 5.93. The van der Waals surface area contributed by atoms with Crippen LogP contribution in [0.4, 0.5) is 52.7 Å². The summed E-state index contributed by atoms with van der Waals surface area (Å²) in [6, 6.07) is 0. The van der Waals surface area contributed by atoms with E-state index in [2.05, 4.69) is 8.37 Å². The summed E-state index contributed by atoms with van der Waals surface area (Å²) in [4.78, 5) is 0.